The molecule has 0 saturated heterocycles. The molecule has 4 heteroatoms. The summed E-state index contributed by atoms with van der Waals surface area (Å²) in [5, 5.41) is 1.98. The van der Waals surface area contributed by atoms with Crippen LogP contribution in [0, 0.1) is 55.1 Å². The Morgan fingerprint density at radius 1 is 0.917 bits per heavy atom. The van der Waals surface area contributed by atoms with E-state index >= 15 is 0 Å². The van der Waals surface area contributed by atoms with Gasteiger partial charge in [0.25, 0.3) is 0 Å². The third-order valence-electron chi connectivity index (χ3n) is 6.79. The van der Waals surface area contributed by atoms with Gasteiger partial charge in [0.05, 0.1) is 5.16 Å². The van der Waals surface area contributed by atoms with Crippen molar-refractivity contribution in [2.45, 2.75) is 52.9 Å². The number of fused-ring (bicyclic) bond motifs is 1. The fourth-order valence-electron chi connectivity index (χ4n) is 4.85. The van der Waals surface area contributed by atoms with E-state index in [4.69, 9.17) is 0 Å². The Balaban J connectivity index is 1.53. The zero-order valence-corrected chi connectivity index (χ0v) is 21.6. The Morgan fingerprint density at radius 2 is 1.61 bits per heavy atom. The molecule has 0 amide bonds. The maximum atomic E-state index is 14.0. The molecule has 4 rings (SSSR count). The molecule has 1 aliphatic carbocycles. The van der Waals surface area contributed by atoms with Crippen LogP contribution in [0.15, 0.2) is 47.5 Å². The molecule has 180 valence electrons. The van der Waals surface area contributed by atoms with E-state index < -0.39 is 17.3 Å². The van der Waals surface area contributed by atoms with Gasteiger partial charge in [0.15, 0.2) is 11.6 Å². The minimum absolute atomic E-state index is 0.223. The number of aliphatic imine (C=N–C) groups is 1. The van der Waals surface area contributed by atoms with Crippen molar-refractivity contribution in [1.82, 2.24) is 0 Å². The zero-order valence-electron chi connectivity index (χ0n) is 20.8. The van der Waals surface area contributed by atoms with Gasteiger partial charge in [-0.05, 0) is 110 Å². The molecule has 0 N–H and O–H groups in total. The fraction of sp³-hybridized carbons (Fsp3) is 0.281. The van der Waals surface area contributed by atoms with Crippen molar-refractivity contribution in [3.05, 3.63) is 98.6 Å². The SMILES string of the molecule is CCCC1CCc2c(ccc(C#Cc3ccc(C#Cc4cc(F)c(N=C=S)c(F)c4)c(C)c3)c2C)C1. The first-order chi connectivity index (χ1) is 17.4. The second kappa shape index (κ2) is 11.5. The summed E-state index contributed by atoms with van der Waals surface area (Å²) in [7, 11) is 0. The summed E-state index contributed by atoms with van der Waals surface area (Å²) in [6, 6.07) is 12.5. The van der Waals surface area contributed by atoms with Crippen LogP contribution < -0.4 is 0 Å². The molecule has 0 fully saturated rings. The average molecular weight is 496 g/mol. The highest BCUT2D eigenvalue weighted by molar-refractivity contribution is 7.78. The van der Waals surface area contributed by atoms with E-state index in [0.717, 1.165) is 46.7 Å². The molecule has 1 aliphatic rings. The zero-order chi connectivity index (χ0) is 25.7. The summed E-state index contributed by atoms with van der Waals surface area (Å²) in [6.07, 6.45) is 6.16. The number of isothiocyanates is 1. The highest BCUT2D eigenvalue weighted by Crippen LogP contribution is 2.31. The van der Waals surface area contributed by atoms with Crippen LogP contribution in [0.2, 0.25) is 0 Å². The van der Waals surface area contributed by atoms with Gasteiger partial charge in [-0.15, -0.1) is 0 Å². The highest BCUT2D eigenvalue weighted by Gasteiger charge is 2.20. The average Bonchev–Trinajstić information content (AvgIpc) is 2.85. The minimum atomic E-state index is -0.822. The summed E-state index contributed by atoms with van der Waals surface area (Å²) >= 11 is 4.43. The first kappa shape index (κ1) is 25.5. The number of rotatable bonds is 3. The van der Waals surface area contributed by atoms with Crippen molar-refractivity contribution in [3.8, 4) is 23.7 Å². The fourth-order valence-corrected chi connectivity index (χ4v) is 4.95. The van der Waals surface area contributed by atoms with Crippen molar-refractivity contribution < 1.29 is 8.78 Å². The van der Waals surface area contributed by atoms with Gasteiger partial charge in [0, 0.05) is 22.3 Å². The molecular weight excluding hydrogens is 468 g/mol. The Bertz CT molecular complexity index is 1470. The lowest BCUT2D eigenvalue weighted by molar-refractivity contribution is 0.422. The van der Waals surface area contributed by atoms with Gasteiger partial charge in [-0.3, -0.25) is 0 Å². The number of hydrogen-bond acceptors (Lipinski definition) is 2. The molecular formula is C32H27F2NS. The van der Waals surface area contributed by atoms with E-state index in [1.54, 1.807) is 0 Å². The lowest BCUT2D eigenvalue weighted by atomic mass is 9.79. The molecule has 0 radical (unpaired) electrons. The van der Waals surface area contributed by atoms with Crippen LogP contribution in [-0.2, 0) is 12.8 Å². The third kappa shape index (κ3) is 5.80. The summed E-state index contributed by atoms with van der Waals surface area (Å²) in [6.45, 7) is 6.40. The van der Waals surface area contributed by atoms with Crippen LogP contribution in [0.5, 0.6) is 0 Å². The normalized spacial score (nSPS) is 14.0. The van der Waals surface area contributed by atoms with Crippen LogP contribution in [-0.4, -0.2) is 5.16 Å². The van der Waals surface area contributed by atoms with Gasteiger partial charge in [0.1, 0.15) is 5.69 Å². The smallest absolute Gasteiger partial charge is 0.153 e. The molecule has 1 nitrogen and oxygen atoms in total. The first-order valence-corrected chi connectivity index (χ1v) is 12.6. The molecule has 0 aromatic heterocycles. The van der Waals surface area contributed by atoms with Crippen LogP contribution >= 0.6 is 12.2 Å². The van der Waals surface area contributed by atoms with E-state index in [-0.39, 0.29) is 5.56 Å². The molecule has 0 heterocycles. The standard InChI is InChI=1S/C32H27F2NS/c1-4-5-23-9-15-29-22(3)27(13-14-28(29)17-23)12-7-24-6-10-26(21(2)16-24)11-8-25-18-30(33)32(35-20-36)31(34)19-25/h6,10,13-14,16,18-19,23H,4-5,9,15,17H2,1-3H3. The van der Waals surface area contributed by atoms with Crippen LogP contribution in [0.25, 0.3) is 0 Å². The van der Waals surface area contributed by atoms with E-state index in [9.17, 15) is 8.78 Å². The summed E-state index contributed by atoms with van der Waals surface area (Å²) < 4.78 is 28.1. The molecule has 0 saturated carbocycles. The summed E-state index contributed by atoms with van der Waals surface area (Å²) in [4.78, 5) is 3.42. The van der Waals surface area contributed by atoms with Gasteiger partial charge < -0.3 is 0 Å². The number of halogens is 2. The van der Waals surface area contributed by atoms with Crippen LogP contribution in [0.3, 0.4) is 0 Å². The van der Waals surface area contributed by atoms with Gasteiger partial charge in [-0.25, -0.2) is 8.78 Å². The van der Waals surface area contributed by atoms with E-state index in [1.165, 1.54) is 42.4 Å². The molecule has 36 heavy (non-hydrogen) atoms. The van der Waals surface area contributed by atoms with Crippen molar-refractivity contribution in [2.24, 2.45) is 10.9 Å². The van der Waals surface area contributed by atoms with Gasteiger partial charge in [-0.2, -0.15) is 4.99 Å². The predicted octanol–water partition coefficient (Wildman–Crippen LogP) is 8.02. The van der Waals surface area contributed by atoms with E-state index in [0.29, 0.717) is 0 Å². The lowest BCUT2D eigenvalue weighted by Gasteiger charge is -2.26. The molecule has 3 aromatic rings. The minimum Gasteiger partial charge on any atom is -0.204 e. The van der Waals surface area contributed by atoms with Gasteiger partial charge in [-0.1, -0.05) is 49.5 Å². The highest BCUT2D eigenvalue weighted by atomic mass is 32.1. The molecule has 0 aliphatic heterocycles. The number of aryl methyl sites for hydroxylation is 1. The quantitative estimate of drug-likeness (QED) is 0.204. The maximum Gasteiger partial charge on any atom is 0.153 e. The molecule has 1 atom stereocenters. The van der Waals surface area contributed by atoms with Crippen molar-refractivity contribution in [2.75, 3.05) is 0 Å². The topological polar surface area (TPSA) is 12.4 Å². The van der Waals surface area contributed by atoms with Crippen molar-refractivity contribution >= 4 is 23.1 Å². The summed E-state index contributed by atoms with van der Waals surface area (Å²) in [5.74, 6) is 11.6. The van der Waals surface area contributed by atoms with Crippen LogP contribution in [0.4, 0.5) is 14.5 Å². The predicted molar refractivity (Wildman–Crippen MR) is 146 cm³/mol. The Morgan fingerprint density at radius 3 is 2.31 bits per heavy atom. The van der Waals surface area contributed by atoms with Crippen molar-refractivity contribution in [1.29, 1.82) is 0 Å². The lowest BCUT2D eigenvalue weighted by Crippen LogP contribution is -2.15. The molecule has 1 unspecified atom stereocenters. The number of thiocarbonyl (C=S) groups is 1. The Kier molecular flexibility index (Phi) is 8.12. The Labute approximate surface area is 217 Å². The Hall–Kier alpha value is -3.56. The molecule has 3 aromatic carbocycles. The second-order valence-electron chi connectivity index (χ2n) is 9.29. The summed E-state index contributed by atoms with van der Waals surface area (Å²) in [5.41, 5.74) is 7.73. The van der Waals surface area contributed by atoms with Gasteiger partial charge in [0.2, 0.25) is 0 Å². The van der Waals surface area contributed by atoms with Gasteiger partial charge >= 0.3 is 0 Å². The van der Waals surface area contributed by atoms with E-state index in [1.807, 2.05) is 30.3 Å². The first-order valence-electron chi connectivity index (χ1n) is 12.2. The molecule has 0 bridgehead atoms. The number of nitrogens with zero attached hydrogens (tertiary/aromatic N) is 1. The molecule has 0 spiro atoms. The number of benzene rings is 3. The number of hydrogen-bond donors (Lipinski definition) is 0. The third-order valence-corrected chi connectivity index (χ3v) is 6.88. The monoisotopic (exact) mass is 495 g/mol. The largest absolute Gasteiger partial charge is 0.204 e. The van der Waals surface area contributed by atoms with Crippen molar-refractivity contribution in [3.63, 3.8) is 0 Å². The maximum absolute atomic E-state index is 14.0. The van der Waals surface area contributed by atoms with Crippen LogP contribution in [0.1, 0.15) is 70.7 Å². The van der Waals surface area contributed by atoms with E-state index in [2.05, 4.69) is 66.9 Å². The second-order valence-corrected chi connectivity index (χ2v) is 9.48.